The average Bonchev–Trinajstić information content (AvgIpc) is 3.15. The van der Waals surface area contributed by atoms with Crippen LogP contribution in [0.5, 0.6) is 5.88 Å². The summed E-state index contributed by atoms with van der Waals surface area (Å²) in [4.78, 5) is 24.0. The molecule has 1 fully saturated rings. The predicted molar refractivity (Wildman–Crippen MR) is 87.1 cm³/mol. The topological polar surface area (TPSA) is 65.0 Å². The molecule has 0 aromatic carbocycles. The molecule has 5 nitrogen and oxygen atoms in total. The fourth-order valence-electron chi connectivity index (χ4n) is 3.14. The van der Waals surface area contributed by atoms with Crippen molar-refractivity contribution in [3.8, 4) is 5.88 Å². The molecular weight excluding hydrogens is 347 g/mol. The number of aromatic nitrogens is 3. The standard InChI is InChI=1S/C18H18F3N3O2/c19-18(20,21)10-26-17-15(13-3-1-2-4-13)5-12(7-24-17)6-16(25)14-8-22-11-23-9-14/h5,7-9,11,13H,1-4,6,10H2. The Labute approximate surface area is 148 Å². The monoisotopic (exact) mass is 365 g/mol. The van der Waals surface area contributed by atoms with Crippen molar-refractivity contribution in [1.29, 1.82) is 0 Å². The summed E-state index contributed by atoms with van der Waals surface area (Å²) in [6, 6.07) is 1.75. The minimum atomic E-state index is -4.42. The number of hydrogen-bond acceptors (Lipinski definition) is 5. The zero-order chi connectivity index (χ0) is 18.6. The number of rotatable bonds is 6. The van der Waals surface area contributed by atoms with Gasteiger partial charge in [-0.2, -0.15) is 13.2 Å². The van der Waals surface area contributed by atoms with Crippen LogP contribution in [0, 0.1) is 0 Å². The molecule has 26 heavy (non-hydrogen) atoms. The molecule has 0 saturated heterocycles. The minimum absolute atomic E-state index is 0.00784. The molecular formula is C18H18F3N3O2. The van der Waals surface area contributed by atoms with E-state index in [1.807, 2.05) is 0 Å². The number of hydrogen-bond donors (Lipinski definition) is 0. The summed E-state index contributed by atoms with van der Waals surface area (Å²) in [6.45, 7) is -1.38. The van der Waals surface area contributed by atoms with Crippen molar-refractivity contribution >= 4 is 5.78 Å². The Morgan fingerprint density at radius 1 is 1.15 bits per heavy atom. The maximum absolute atomic E-state index is 12.5. The van der Waals surface area contributed by atoms with Crippen LogP contribution in [0.4, 0.5) is 13.2 Å². The van der Waals surface area contributed by atoms with Crippen LogP contribution in [0.15, 0.2) is 31.0 Å². The number of Topliss-reactive ketones (excluding diaryl/α,β-unsaturated/α-hetero) is 1. The van der Waals surface area contributed by atoms with Gasteiger partial charge in [-0.1, -0.05) is 12.8 Å². The molecule has 0 aliphatic heterocycles. The number of pyridine rings is 1. The van der Waals surface area contributed by atoms with E-state index < -0.39 is 12.8 Å². The summed E-state index contributed by atoms with van der Waals surface area (Å²) in [6.07, 6.45) is 5.07. The summed E-state index contributed by atoms with van der Waals surface area (Å²) < 4.78 is 42.4. The second-order valence-corrected chi connectivity index (χ2v) is 6.35. The Bertz CT molecular complexity index is 760. The van der Waals surface area contributed by atoms with E-state index in [1.54, 1.807) is 6.07 Å². The second-order valence-electron chi connectivity index (χ2n) is 6.35. The van der Waals surface area contributed by atoms with Gasteiger partial charge in [0, 0.05) is 30.6 Å². The number of alkyl halides is 3. The van der Waals surface area contributed by atoms with E-state index in [4.69, 9.17) is 4.74 Å². The Morgan fingerprint density at radius 3 is 2.50 bits per heavy atom. The van der Waals surface area contributed by atoms with Gasteiger partial charge in [-0.3, -0.25) is 4.79 Å². The molecule has 0 N–H and O–H groups in total. The minimum Gasteiger partial charge on any atom is -0.468 e. The summed E-state index contributed by atoms with van der Waals surface area (Å²) in [5.41, 5.74) is 1.67. The van der Waals surface area contributed by atoms with Gasteiger partial charge in [0.1, 0.15) is 6.33 Å². The molecule has 1 aliphatic carbocycles. The predicted octanol–water partition coefficient (Wildman–Crippen LogP) is 3.90. The van der Waals surface area contributed by atoms with Crippen LogP contribution < -0.4 is 4.74 Å². The smallest absolute Gasteiger partial charge is 0.422 e. The normalized spacial score (nSPS) is 15.2. The lowest BCUT2D eigenvalue weighted by Gasteiger charge is -2.17. The highest BCUT2D eigenvalue weighted by molar-refractivity contribution is 5.96. The highest BCUT2D eigenvalue weighted by Gasteiger charge is 2.30. The zero-order valence-corrected chi connectivity index (χ0v) is 14.0. The van der Waals surface area contributed by atoms with E-state index in [2.05, 4.69) is 15.0 Å². The fourth-order valence-corrected chi connectivity index (χ4v) is 3.14. The average molecular weight is 365 g/mol. The number of halogens is 3. The summed E-state index contributed by atoms with van der Waals surface area (Å²) in [5, 5.41) is 0. The molecule has 138 valence electrons. The molecule has 1 saturated carbocycles. The largest absolute Gasteiger partial charge is 0.468 e. The Balaban J connectivity index is 1.81. The van der Waals surface area contributed by atoms with Gasteiger partial charge >= 0.3 is 6.18 Å². The third-order valence-electron chi connectivity index (χ3n) is 4.35. The first-order valence-corrected chi connectivity index (χ1v) is 8.39. The fraction of sp³-hybridized carbons (Fsp3) is 0.444. The van der Waals surface area contributed by atoms with E-state index in [-0.39, 0.29) is 24.0 Å². The van der Waals surface area contributed by atoms with Crippen molar-refractivity contribution in [3.63, 3.8) is 0 Å². The highest BCUT2D eigenvalue weighted by Crippen LogP contribution is 2.38. The van der Waals surface area contributed by atoms with Gasteiger partial charge in [0.25, 0.3) is 0 Å². The molecule has 2 aromatic heterocycles. The molecule has 0 amide bonds. The lowest BCUT2D eigenvalue weighted by Crippen LogP contribution is -2.20. The third-order valence-corrected chi connectivity index (χ3v) is 4.35. The molecule has 1 aliphatic rings. The molecule has 0 radical (unpaired) electrons. The molecule has 3 rings (SSSR count). The van der Waals surface area contributed by atoms with Crippen molar-refractivity contribution < 1.29 is 22.7 Å². The van der Waals surface area contributed by atoms with Crippen molar-refractivity contribution in [1.82, 2.24) is 15.0 Å². The lowest BCUT2D eigenvalue weighted by molar-refractivity contribution is -0.154. The number of ether oxygens (including phenoxy) is 1. The van der Waals surface area contributed by atoms with Crippen molar-refractivity contribution in [2.45, 2.75) is 44.2 Å². The van der Waals surface area contributed by atoms with E-state index in [1.165, 1.54) is 24.9 Å². The van der Waals surface area contributed by atoms with Crippen molar-refractivity contribution in [3.05, 3.63) is 47.7 Å². The van der Waals surface area contributed by atoms with Crippen LogP contribution in [0.1, 0.15) is 53.1 Å². The third kappa shape index (κ3) is 4.77. The van der Waals surface area contributed by atoms with Gasteiger partial charge in [-0.15, -0.1) is 0 Å². The summed E-state index contributed by atoms with van der Waals surface area (Å²) in [7, 11) is 0. The van der Waals surface area contributed by atoms with E-state index >= 15 is 0 Å². The lowest BCUT2D eigenvalue weighted by atomic mass is 9.96. The number of nitrogens with zero attached hydrogens (tertiary/aromatic N) is 3. The van der Waals surface area contributed by atoms with E-state index in [0.717, 1.165) is 25.7 Å². The molecule has 0 spiro atoms. The van der Waals surface area contributed by atoms with Gasteiger partial charge in [0.2, 0.25) is 5.88 Å². The molecule has 2 aromatic rings. The highest BCUT2D eigenvalue weighted by atomic mass is 19.4. The van der Waals surface area contributed by atoms with Gasteiger partial charge in [-0.25, -0.2) is 15.0 Å². The maximum atomic E-state index is 12.5. The number of carbonyl (C=O) groups is 1. The van der Waals surface area contributed by atoms with Crippen LogP contribution in [-0.2, 0) is 6.42 Å². The van der Waals surface area contributed by atoms with E-state index in [0.29, 0.717) is 16.7 Å². The van der Waals surface area contributed by atoms with Crippen LogP contribution >= 0.6 is 0 Å². The van der Waals surface area contributed by atoms with Gasteiger partial charge in [0.05, 0.1) is 5.56 Å². The Morgan fingerprint density at radius 2 is 1.85 bits per heavy atom. The SMILES string of the molecule is O=C(Cc1cnc(OCC(F)(F)F)c(C2CCCC2)c1)c1cncnc1. The van der Waals surface area contributed by atoms with Crippen molar-refractivity contribution in [2.75, 3.05) is 6.61 Å². The number of carbonyl (C=O) groups excluding carboxylic acids is 1. The second kappa shape index (κ2) is 7.80. The van der Waals surface area contributed by atoms with Crippen LogP contribution in [0.2, 0.25) is 0 Å². The molecule has 8 heteroatoms. The van der Waals surface area contributed by atoms with Crippen LogP contribution in [0.25, 0.3) is 0 Å². The van der Waals surface area contributed by atoms with Crippen LogP contribution in [0.3, 0.4) is 0 Å². The number of ketones is 1. The summed E-state index contributed by atoms with van der Waals surface area (Å²) >= 11 is 0. The molecule has 0 unspecified atom stereocenters. The molecule has 2 heterocycles. The van der Waals surface area contributed by atoms with Crippen LogP contribution in [-0.4, -0.2) is 33.5 Å². The Hall–Kier alpha value is -2.51. The first-order chi connectivity index (χ1) is 12.4. The first kappa shape index (κ1) is 18.3. The molecule has 0 bridgehead atoms. The first-order valence-electron chi connectivity index (χ1n) is 8.39. The van der Waals surface area contributed by atoms with Crippen molar-refractivity contribution in [2.24, 2.45) is 0 Å². The molecule has 0 atom stereocenters. The van der Waals surface area contributed by atoms with Gasteiger partial charge in [-0.05, 0) is 30.4 Å². The summed E-state index contributed by atoms with van der Waals surface area (Å²) in [5.74, 6) is -0.0527. The zero-order valence-electron chi connectivity index (χ0n) is 14.0. The quantitative estimate of drug-likeness (QED) is 0.727. The Kier molecular flexibility index (Phi) is 5.49. The maximum Gasteiger partial charge on any atom is 0.422 e. The van der Waals surface area contributed by atoms with Gasteiger partial charge in [0.15, 0.2) is 12.4 Å². The van der Waals surface area contributed by atoms with Gasteiger partial charge < -0.3 is 4.74 Å². The van der Waals surface area contributed by atoms with E-state index in [9.17, 15) is 18.0 Å².